The monoisotopic (exact) mass is 483 g/mol. The highest BCUT2D eigenvalue weighted by molar-refractivity contribution is 7.99. The maximum Gasteiger partial charge on any atom is 0.269 e. The Labute approximate surface area is 200 Å². The maximum absolute atomic E-state index is 12.1. The molecule has 4 N–H and O–H groups in total. The number of hydrogen-bond acceptors (Lipinski definition) is 10. The van der Waals surface area contributed by atoms with Crippen LogP contribution in [0.1, 0.15) is 19.4 Å². The van der Waals surface area contributed by atoms with Crippen LogP contribution in [0.25, 0.3) is 0 Å². The molecular formula is C21H25N9O3S. The average molecular weight is 484 g/mol. The second-order valence-corrected chi connectivity index (χ2v) is 7.89. The smallest absolute Gasteiger partial charge is 0.269 e. The molecular weight excluding hydrogens is 458 g/mol. The van der Waals surface area contributed by atoms with Crippen molar-refractivity contribution in [2.75, 3.05) is 40.3 Å². The van der Waals surface area contributed by atoms with E-state index in [4.69, 9.17) is 5.84 Å². The first kappa shape index (κ1) is 24.5. The molecule has 0 atom stereocenters. The van der Waals surface area contributed by atoms with E-state index >= 15 is 0 Å². The number of nitrogens with two attached hydrogens (primary N) is 1. The van der Waals surface area contributed by atoms with Crippen molar-refractivity contribution in [3.63, 3.8) is 0 Å². The third-order valence-corrected chi connectivity index (χ3v) is 5.70. The number of benzene rings is 2. The van der Waals surface area contributed by atoms with Crippen molar-refractivity contribution >= 4 is 46.9 Å². The third kappa shape index (κ3) is 6.45. The van der Waals surface area contributed by atoms with E-state index in [1.54, 1.807) is 6.21 Å². The highest BCUT2D eigenvalue weighted by Crippen LogP contribution is 2.19. The van der Waals surface area contributed by atoms with Gasteiger partial charge in [0.1, 0.15) is 0 Å². The predicted molar refractivity (Wildman–Crippen MR) is 134 cm³/mol. The average Bonchev–Trinajstić information content (AvgIpc) is 3.19. The summed E-state index contributed by atoms with van der Waals surface area (Å²) in [6, 6.07) is 13.6. The third-order valence-electron chi connectivity index (χ3n) is 4.76. The molecule has 1 amide bonds. The lowest BCUT2D eigenvalue weighted by Crippen LogP contribution is -2.21. The van der Waals surface area contributed by atoms with Crippen LogP contribution in [-0.2, 0) is 4.79 Å². The van der Waals surface area contributed by atoms with Crippen molar-refractivity contribution in [1.82, 2.24) is 14.9 Å². The molecule has 0 radical (unpaired) electrons. The summed E-state index contributed by atoms with van der Waals surface area (Å²) >= 11 is 1.09. The van der Waals surface area contributed by atoms with E-state index < -0.39 is 4.92 Å². The molecule has 0 saturated heterocycles. The number of rotatable bonds is 11. The van der Waals surface area contributed by atoms with Gasteiger partial charge in [0.2, 0.25) is 11.1 Å². The lowest BCUT2D eigenvalue weighted by molar-refractivity contribution is -0.384. The summed E-state index contributed by atoms with van der Waals surface area (Å²) < 4.78 is 1.20. The molecule has 0 saturated carbocycles. The SMILES string of the molecule is CCN(CC)c1ccc(/C=N/Nc2nnc(SCC(=O)Nc3ccc([N+](=O)[O-])cc3)n2N)cc1. The van der Waals surface area contributed by atoms with E-state index in [0.29, 0.717) is 10.8 Å². The van der Waals surface area contributed by atoms with Crippen LogP contribution < -0.4 is 21.5 Å². The molecule has 0 fully saturated rings. The zero-order chi connectivity index (χ0) is 24.5. The molecule has 178 valence electrons. The molecule has 0 spiro atoms. The van der Waals surface area contributed by atoms with E-state index in [0.717, 1.165) is 36.1 Å². The summed E-state index contributed by atoms with van der Waals surface area (Å²) in [5.74, 6) is 5.91. The summed E-state index contributed by atoms with van der Waals surface area (Å²) in [5.41, 5.74) is 5.19. The highest BCUT2D eigenvalue weighted by atomic mass is 32.2. The molecule has 0 unspecified atom stereocenters. The van der Waals surface area contributed by atoms with Crippen molar-refractivity contribution < 1.29 is 9.72 Å². The van der Waals surface area contributed by atoms with Gasteiger partial charge in [0.25, 0.3) is 11.6 Å². The number of hydrazone groups is 1. The molecule has 0 bridgehead atoms. The number of aromatic nitrogens is 3. The van der Waals surface area contributed by atoms with Gasteiger partial charge in [-0.15, -0.1) is 10.2 Å². The van der Waals surface area contributed by atoms with Crippen LogP contribution in [-0.4, -0.2) is 50.8 Å². The van der Waals surface area contributed by atoms with Crippen molar-refractivity contribution in [2.24, 2.45) is 5.10 Å². The van der Waals surface area contributed by atoms with E-state index in [2.05, 4.69) is 44.8 Å². The van der Waals surface area contributed by atoms with Crippen LogP contribution >= 0.6 is 11.8 Å². The van der Waals surface area contributed by atoms with Gasteiger partial charge in [0, 0.05) is 36.6 Å². The van der Waals surface area contributed by atoms with Gasteiger partial charge in [0.05, 0.1) is 16.9 Å². The standard InChI is InChI=1S/C21H25N9O3S/c1-3-28(4-2)17-9-5-15(6-10-17)13-23-25-20-26-27-21(29(20)22)34-14-19(31)24-16-7-11-18(12-8-16)30(32)33/h5-13H,3-4,14,22H2,1-2H3,(H,24,31)(H,25,26)/b23-13+. The maximum atomic E-state index is 12.1. The highest BCUT2D eigenvalue weighted by Gasteiger charge is 2.13. The Morgan fingerprint density at radius 1 is 1.18 bits per heavy atom. The molecule has 13 heteroatoms. The van der Waals surface area contributed by atoms with Gasteiger partial charge < -0.3 is 16.1 Å². The van der Waals surface area contributed by atoms with Gasteiger partial charge in [-0.2, -0.15) is 5.10 Å². The fourth-order valence-electron chi connectivity index (χ4n) is 2.97. The molecule has 0 aliphatic heterocycles. The van der Waals surface area contributed by atoms with Crippen molar-refractivity contribution in [1.29, 1.82) is 0 Å². The number of nitrogens with zero attached hydrogens (tertiary/aromatic N) is 6. The zero-order valence-electron chi connectivity index (χ0n) is 18.7. The first-order valence-electron chi connectivity index (χ1n) is 10.4. The molecule has 1 heterocycles. The lowest BCUT2D eigenvalue weighted by Gasteiger charge is -2.20. The van der Waals surface area contributed by atoms with Crippen LogP contribution in [0.2, 0.25) is 0 Å². The van der Waals surface area contributed by atoms with Crippen LogP contribution in [0, 0.1) is 10.1 Å². The molecule has 3 aromatic rings. The number of carbonyl (C=O) groups excluding carboxylic acids is 1. The minimum atomic E-state index is -0.506. The fourth-order valence-corrected chi connectivity index (χ4v) is 3.63. The van der Waals surface area contributed by atoms with Gasteiger partial charge >= 0.3 is 0 Å². The second kappa shape index (κ2) is 11.7. The lowest BCUT2D eigenvalue weighted by atomic mass is 10.2. The number of hydrogen-bond donors (Lipinski definition) is 3. The van der Waals surface area contributed by atoms with Crippen LogP contribution in [0.15, 0.2) is 58.8 Å². The molecule has 0 aliphatic carbocycles. The van der Waals surface area contributed by atoms with Crippen molar-refractivity contribution in [2.45, 2.75) is 19.0 Å². The minimum Gasteiger partial charge on any atom is -0.372 e. The predicted octanol–water partition coefficient (Wildman–Crippen LogP) is 2.92. The topological polar surface area (TPSA) is 157 Å². The Morgan fingerprint density at radius 3 is 2.47 bits per heavy atom. The Morgan fingerprint density at radius 2 is 1.85 bits per heavy atom. The molecule has 2 aromatic carbocycles. The largest absolute Gasteiger partial charge is 0.372 e. The number of nitro benzene ring substituents is 1. The number of nitrogen functional groups attached to an aromatic ring is 1. The quantitative estimate of drug-likeness (QED) is 0.123. The molecule has 34 heavy (non-hydrogen) atoms. The normalized spacial score (nSPS) is 10.9. The van der Waals surface area contributed by atoms with Gasteiger partial charge in [-0.25, -0.2) is 10.1 Å². The Hall–Kier alpha value is -4.13. The number of nitrogens with one attached hydrogen (secondary N) is 2. The number of amides is 1. The van der Waals surface area contributed by atoms with Crippen LogP contribution in [0.3, 0.4) is 0 Å². The van der Waals surface area contributed by atoms with Gasteiger partial charge in [0.15, 0.2) is 0 Å². The summed E-state index contributed by atoms with van der Waals surface area (Å²) in [5, 5.41) is 25.7. The fraction of sp³-hybridized carbons (Fsp3) is 0.238. The Bertz CT molecular complexity index is 1140. The summed E-state index contributed by atoms with van der Waals surface area (Å²) in [6.07, 6.45) is 1.64. The molecule has 12 nitrogen and oxygen atoms in total. The summed E-state index contributed by atoms with van der Waals surface area (Å²) in [7, 11) is 0. The van der Waals surface area contributed by atoms with Crippen molar-refractivity contribution in [3.8, 4) is 0 Å². The van der Waals surface area contributed by atoms with E-state index in [9.17, 15) is 14.9 Å². The van der Waals surface area contributed by atoms with Crippen LogP contribution in [0.5, 0.6) is 0 Å². The summed E-state index contributed by atoms with van der Waals surface area (Å²) in [6.45, 7) is 6.11. The zero-order valence-corrected chi connectivity index (χ0v) is 19.5. The van der Waals surface area contributed by atoms with Gasteiger partial charge in [-0.1, -0.05) is 23.9 Å². The van der Waals surface area contributed by atoms with Gasteiger partial charge in [-0.05, 0) is 43.7 Å². The van der Waals surface area contributed by atoms with E-state index in [1.807, 2.05) is 24.3 Å². The molecule has 0 aliphatic rings. The molecule has 1 aromatic heterocycles. The minimum absolute atomic E-state index is 0.0223. The van der Waals surface area contributed by atoms with Crippen molar-refractivity contribution in [3.05, 3.63) is 64.2 Å². The Kier molecular flexibility index (Phi) is 8.40. The van der Waals surface area contributed by atoms with E-state index in [1.165, 1.54) is 28.9 Å². The van der Waals surface area contributed by atoms with Gasteiger partial charge in [-0.3, -0.25) is 14.9 Å². The van der Waals surface area contributed by atoms with Crippen LogP contribution in [0.4, 0.5) is 23.0 Å². The number of non-ortho nitro benzene ring substituents is 1. The molecule has 3 rings (SSSR count). The number of thioether (sulfide) groups is 1. The first-order valence-corrected chi connectivity index (χ1v) is 11.4. The van der Waals surface area contributed by atoms with E-state index in [-0.39, 0.29) is 23.3 Å². The number of nitro groups is 1. The Balaban J connectivity index is 1.50. The first-order chi connectivity index (χ1) is 16.4. The summed E-state index contributed by atoms with van der Waals surface area (Å²) in [4.78, 5) is 24.6. The number of anilines is 3. The number of carbonyl (C=O) groups is 1. The second-order valence-electron chi connectivity index (χ2n) is 6.95.